The molecule has 0 bridgehead atoms. The minimum absolute atomic E-state index is 0.0126. The Bertz CT molecular complexity index is 379. The average molecular weight is 252 g/mol. The third kappa shape index (κ3) is 2.75. The standard InChI is InChI=1S/C9H9ClF3N3/c10-7-8(15-4-3-14-7)16(6-1-2-6)5-9(11,12)13/h3-4,6H,1-2,5H2. The monoisotopic (exact) mass is 251 g/mol. The van der Waals surface area contributed by atoms with Crippen LogP contribution in [-0.2, 0) is 0 Å². The first-order valence-electron chi connectivity index (χ1n) is 4.77. The topological polar surface area (TPSA) is 29.0 Å². The summed E-state index contributed by atoms with van der Waals surface area (Å²) in [6.07, 6.45) is -0.0904. The van der Waals surface area contributed by atoms with Gasteiger partial charge in [0.2, 0.25) is 0 Å². The molecule has 0 N–H and O–H groups in total. The molecule has 0 aromatic carbocycles. The van der Waals surface area contributed by atoms with E-state index >= 15 is 0 Å². The Morgan fingerprint density at radius 1 is 1.31 bits per heavy atom. The molecule has 0 radical (unpaired) electrons. The van der Waals surface area contributed by atoms with Gasteiger partial charge in [0, 0.05) is 18.4 Å². The van der Waals surface area contributed by atoms with Gasteiger partial charge < -0.3 is 4.90 Å². The van der Waals surface area contributed by atoms with Crippen LogP contribution in [0.4, 0.5) is 19.0 Å². The van der Waals surface area contributed by atoms with Gasteiger partial charge in [-0.1, -0.05) is 11.6 Å². The van der Waals surface area contributed by atoms with Gasteiger partial charge in [0.15, 0.2) is 11.0 Å². The summed E-state index contributed by atoms with van der Waals surface area (Å²) in [6, 6.07) is -0.115. The Balaban J connectivity index is 2.23. The van der Waals surface area contributed by atoms with Crippen molar-refractivity contribution in [2.24, 2.45) is 0 Å². The van der Waals surface area contributed by atoms with Gasteiger partial charge in [-0.3, -0.25) is 0 Å². The Kier molecular flexibility index (Phi) is 2.92. The van der Waals surface area contributed by atoms with Crippen molar-refractivity contribution in [2.45, 2.75) is 25.1 Å². The van der Waals surface area contributed by atoms with Crippen LogP contribution in [0.2, 0.25) is 5.15 Å². The third-order valence-corrected chi connectivity index (χ3v) is 2.51. The van der Waals surface area contributed by atoms with Gasteiger partial charge in [-0.15, -0.1) is 0 Å². The largest absolute Gasteiger partial charge is 0.405 e. The Hall–Kier alpha value is -1.04. The molecule has 1 aromatic rings. The number of alkyl halides is 3. The first kappa shape index (κ1) is 11.4. The van der Waals surface area contributed by atoms with E-state index in [4.69, 9.17) is 11.6 Å². The van der Waals surface area contributed by atoms with Crippen LogP contribution in [-0.4, -0.2) is 28.7 Å². The Labute approximate surface area is 95.2 Å². The van der Waals surface area contributed by atoms with Crippen molar-refractivity contribution in [3.63, 3.8) is 0 Å². The average Bonchev–Trinajstić information content (AvgIpc) is 2.97. The summed E-state index contributed by atoms with van der Waals surface area (Å²) in [5.41, 5.74) is 0. The van der Waals surface area contributed by atoms with E-state index in [-0.39, 0.29) is 17.0 Å². The van der Waals surface area contributed by atoms with Crippen molar-refractivity contribution >= 4 is 17.4 Å². The maximum Gasteiger partial charge on any atom is 0.405 e. The second-order valence-corrected chi connectivity index (χ2v) is 4.00. The van der Waals surface area contributed by atoms with Crippen LogP contribution in [0, 0.1) is 0 Å². The first-order valence-corrected chi connectivity index (χ1v) is 5.15. The highest BCUT2D eigenvalue weighted by molar-refractivity contribution is 6.31. The molecule has 0 atom stereocenters. The van der Waals surface area contributed by atoms with E-state index in [0.29, 0.717) is 0 Å². The summed E-state index contributed by atoms with van der Waals surface area (Å²) >= 11 is 5.74. The lowest BCUT2D eigenvalue weighted by molar-refractivity contribution is -0.120. The van der Waals surface area contributed by atoms with Gasteiger partial charge >= 0.3 is 6.18 Å². The number of hydrogen-bond donors (Lipinski definition) is 0. The zero-order valence-electron chi connectivity index (χ0n) is 8.21. The second-order valence-electron chi connectivity index (χ2n) is 3.65. The lowest BCUT2D eigenvalue weighted by Crippen LogP contribution is -2.36. The van der Waals surface area contributed by atoms with Crippen LogP contribution in [0.15, 0.2) is 12.4 Å². The predicted molar refractivity (Wildman–Crippen MR) is 53.5 cm³/mol. The molecule has 0 aliphatic heterocycles. The van der Waals surface area contributed by atoms with Gasteiger partial charge in [-0.05, 0) is 12.8 Å². The van der Waals surface area contributed by atoms with Crippen molar-refractivity contribution in [1.82, 2.24) is 9.97 Å². The van der Waals surface area contributed by atoms with E-state index in [2.05, 4.69) is 9.97 Å². The van der Waals surface area contributed by atoms with Crippen LogP contribution in [0.3, 0.4) is 0 Å². The molecule has 2 rings (SSSR count). The van der Waals surface area contributed by atoms with Crippen molar-refractivity contribution in [2.75, 3.05) is 11.4 Å². The summed E-state index contributed by atoms with van der Waals surface area (Å²) in [6.45, 7) is -1.03. The summed E-state index contributed by atoms with van der Waals surface area (Å²) < 4.78 is 37.1. The predicted octanol–water partition coefficient (Wildman–Crippen LogP) is 2.66. The van der Waals surface area contributed by atoms with Gasteiger partial charge in [0.1, 0.15) is 6.54 Å². The van der Waals surface area contributed by atoms with E-state index in [1.54, 1.807) is 0 Å². The van der Waals surface area contributed by atoms with Crippen molar-refractivity contribution in [3.8, 4) is 0 Å². The fourth-order valence-corrected chi connectivity index (χ4v) is 1.68. The molecule has 3 nitrogen and oxygen atoms in total. The van der Waals surface area contributed by atoms with Gasteiger partial charge in [0.25, 0.3) is 0 Å². The van der Waals surface area contributed by atoms with E-state index in [0.717, 1.165) is 12.8 Å². The van der Waals surface area contributed by atoms with Crippen LogP contribution in [0.1, 0.15) is 12.8 Å². The van der Waals surface area contributed by atoms with Crippen LogP contribution in [0.25, 0.3) is 0 Å². The third-order valence-electron chi connectivity index (χ3n) is 2.25. The van der Waals surface area contributed by atoms with E-state index in [1.807, 2.05) is 0 Å². The summed E-state index contributed by atoms with van der Waals surface area (Å²) in [7, 11) is 0. The summed E-state index contributed by atoms with van der Waals surface area (Å²) in [5, 5.41) is 0.0126. The molecular formula is C9H9ClF3N3. The molecule has 7 heteroatoms. The number of anilines is 1. The highest BCUT2D eigenvalue weighted by Gasteiger charge is 2.39. The first-order chi connectivity index (χ1) is 7.47. The number of aromatic nitrogens is 2. The lowest BCUT2D eigenvalue weighted by atomic mass is 10.4. The highest BCUT2D eigenvalue weighted by Crippen LogP contribution is 2.35. The SMILES string of the molecule is FC(F)(F)CN(c1nccnc1Cl)C1CC1. The number of hydrogen-bond acceptors (Lipinski definition) is 3. The zero-order valence-corrected chi connectivity index (χ0v) is 8.96. The second kappa shape index (κ2) is 4.08. The van der Waals surface area contributed by atoms with Crippen LogP contribution < -0.4 is 4.90 Å². The van der Waals surface area contributed by atoms with Crippen molar-refractivity contribution < 1.29 is 13.2 Å². The molecule has 88 valence electrons. The van der Waals surface area contributed by atoms with E-state index < -0.39 is 12.7 Å². The van der Waals surface area contributed by atoms with E-state index in [1.165, 1.54) is 17.3 Å². The summed E-state index contributed by atoms with van der Waals surface area (Å²) in [5.74, 6) is 0.115. The summed E-state index contributed by atoms with van der Waals surface area (Å²) in [4.78, 5) is 8.77. The maximum atomic E-state index is 12.4. The zero-order chi connectivity index (χ0) is 11.8. The maximum absolute atomic E-state index is 12.4. The van der Waals surface area contributed by atoms with Crippen molar-refractivity contribution in [1.29, 1.82) is 0 Å². The Morgan fingerprint density at radius 3 is 2.44 bits per heavy atom. The smallest absolute Gasteiger partial charge is 0.342 e. The molecule has 1 heterocycles. The minimum atomic E-state index is -4.26. The molecule has 1 fully saturated rings. The molecule has 1 aliphatic rings. The lowest BCUT2D eigenvalue weighted by Gasteiger charge is -2.24. The molecular weight excluding hydrogens is 243 g/mol. The van der Waals surface area contributed by atoms with Gasteiger partial charge in [-0.2, -0.15) is 13.2 Å². The Morgan fingerprint density at radius 2 is 1.94 bits per heavy atom. The number of halogens is 4. The van der Waals surface area contributed by atoms with Gasteiger partial charge in [-0.25, -0.2) is 9.97 Å². The molecule has 0 amide bonds. The fourth-order valence-electron chi connectivity index (χ4n) is 1.46. The molecule has 1 saturated carbocycles. The van der Waals surface area contributed by atoms with E-state index in [9.17, 15) is 13.2 Å². The molecule has 0 unspecified atom stereocenters. The van der Waals surface area contributed by atoms with Crippen molar-refractivity contribution in [3.05, 3.63) is 17.5 Å². The molecule has 16 heavy (non-hydrogen) atoms. The minimum Gasteiger partial charge on any atom is -0.342 e. The molecule has 1 aromatic heterocycles. The number of nitrogens with zero attached hydrogens (tertiary/aromatic N) is 3. The van der Waals surface area contributed by atoms with Crippen LogP contribution in [0.5, 0.6) is 0 Å². The quantitative estimate of drug-likeness (QED) is 0.827. The molecule has 1 aliphatic carbocycles. The number of rotatable bonds is 3. The van der Waals surface area contributed by atoms with Crippen LogP contribution >= 0.6 is 11.6 Å². The van der Waals surface area contributed by atoms with Gasteiger partial charge in [0.05, 0.1) is 0 Å². The molecule has 0 spiro atoms. The molecule has 0 saturated heterocycles. The fraction of sp³-hybridized carbons (Fsp3) is 0.556. The highest BCUT2D eigenvalue weighted by atomic mass is 35.5. The normalized spacial score (nSPS) is 16.2.